The lowest BCUT2D eigenvalue weighted by molar-refractivity contribution is -0.128. The van der Waals surface area contributed by atoms with Crippen LogP contribution in [0.1, 0.15) is 72.6 Å². The predicted molar refractivity (Wildman–Crippen MR) is 154 cm³/mol. The third kappa shape index (κ3) is 6.70. The molecule has 9 heteroatoms. The van der Waals surface area contributed by atoms with Crippen LogP contribution in [0.25, 0.3) is 0 Å². The molecule has 4 atom stereocenters. The van der Waals surface area contributed by atoms with Gasteiger partial charge in [0.15, 0.2) is 0 Å². The normalized spacial score (nSPS) is 31.6. The Kier molecular flexibility index (Phi) is 9.16. The molecule has 6 nitrogen and oxygen atoms in total. The molecule has 1 aromatic rings. The monoisotopic (exact) mass is 579 g/mol. The number of amides is 2. The van der Waals surface area contributed by atoms with Crippen molar-refractivity contribution in [2.24, 2.45) is 16.7 Å². The summed E-state index contributed by atoms with van der Waals surface area (Å²) in [5, 5.41) is 20.0. The molecule has 2 fully saturated rings. The van der Waals surface area contributed by atoms with Crippen molar-refractivity contribution in [3.05, 3.63) is 51.8 Å². The molecule has 0 aromatic heterocycles. The Balaban J connectivity index is 1.76. The molecule has 214 valence electrons. The lowest BCUT2D eigenvalue weighted by Gasteiger charge is -2.39. The number of hydrogen-bond acceptors (Lipinski definition) is 4. The number of hydrogen-bond donors (Lipinski definition) is 4. The van der Waals surface area contributed by atoms with E-state index in [1.54, 1.807) is 30.3 Å². The van der Waals surface area contributed by atoms with Gasteiger partial charge >= 0.3 is 0 Å². The topological polar surface area (TPSA) is 90.5 Å². The van der Waals surface area contributed by atoms with Gasteiger partial charge in [0.05, 0.1) is 22.6 Å². The zero-order chi connectivity index (χ0) is 28.5. The Labute approximate surface area is 240 Å². The van der Waals surface area contributed by atoms with Crippen molar-refractivity contribution in [2.75, 3.05) is 5.32 Å². The van der Waals surface area contributed by atoms with E-state index in [-0.39, 0.29) is 34.4 Å². The minimum absolute atomic E-state index is 0.0218. The van der Waals surface area contributed by atoms with E-state index in [9.17, 15) is 14.7 Å². The molecule has 2 unspecified atom stereocenters. The molecule has 39 heavy (non-hydrogen) atoms. The second-order valence-corrected chi connectivity index (χ2v) is 13.5. The lowest BCUT2D eigenvalue weighted by Crippen LogP contribution is -2.50. The molecule has 4 rings (SSSR count). The Morgan fingerprint density at radius 2 is 1.87 bits per heavy atom. The third-order valence-corrected chi connectivity index (χ3v) is 8.96. The molecule has 1 saturated carbocycles. The summed E-state index contributed by atoms with van der Waals surface area (Å²) >= 11 is 12.4. The fourth-order valence-corrected chi connectivity index (χ4v) is 6.79. The van der Waals surface area contributed by atoms with Gasteiger partial charge in [-0.3, -0.25) is 9.59 Å². The first-order valence-electron chi connectivity index (χ1n) is 13.9. The van der Waals surface area contributed by atoms with Gasteiger partial charge in [0.2, 0.25) is 11.8 Å². The molecule has 0 bridgehead atoms. The Morgan fingerprint density at radius 3 is 2.51 bits per heavy atom. The van der Waals surface area contributed by atoms with Gasteiger partial charge in [0.25, 0.3) is 0 Å². The molecule has 1 heterocycles. The van der Waals surface area contributed by atoms with E-state index < -0.39 is 29.2 Å². The van der Waals surface area contributed by atoms with Crippen LogP contribution in [0.4, 0.5) is 10.1 Å². The standard InChI is InChI=1S/C30H40Cl2FN3O3/c1-29(2,3)16-23-30(4,28(39)35-19-8-5-7-17(31)15-19)24(21-9-6-10-22(32)25(21)33)26(36-23)27(38)34-18-11-13-20(37)14-12-18/h5,7-8,10,15,18,20,23-24,26,36-37H,6,9,11-14,16H2,1-4H3,(H,34,38)(H,35,39)/t18?,20?,23?,24?,26-,30-/m1/s1. The van der Waals surface area contributed by atoms with Gasteiger partial charge in [0, 0.05) is 28.7 Å². The average molecular weight is 581 g/mol. The maximum absolute atomic E-state index is 15.7. The van der Waals surface area contributed by atoms with E-state index in [0.717, 1.165) is 0 Å². The van der Waals surface area contributed by atoms with Gasteiger partial charge in [-0.2, -0.15) is 0 Å². The van der Waals surface area contributed by atoms with Crippen molar-refractivity contribution in [1.29, 1.82) is 0 Å². The van der Waals surface area contributed by atoms with Crippen LogP contribution in [0.3, 0.4) is 0 Å². The second-order valence-electron chi connectivity index (χ2n) is 12.6. The molecule has 0 spiro atoms. The Bertz CT molecular complexity index is 1160. The molecule has 1 aromatic carbocycles. The number of nitrogens with one attached hydrogen (secondary N) is 3. The van der Waals surface area contributed by atoms with Crippen molar-refractivity contribution in [3.8, 4) is 0 Å². The number of allylic oxidation sites excluding steroid dienone is 3. The summed E-state index contributed by atoms with van der Waals surface area (Å²) in [6.45, 7) is 8.08. The van der Waals surface area contributed by atoms with Crippen LogP contribution in [0.2, 0.25) is 5.02 Å². The van der Waals surface area contributed by atoms with E-state index in [0.29, 0.717) is 61.2 Å². The molecular formula is C30H40Cl2FN3O3. The van der Waals surface area contributed by atoms with Crippen molar-refractivity contribution in [2.45, 2.75) is 96.9 Å². The van der Waals surface area contributed by atoms with Crippen molar-refractivity contribution >= 4 is 40.7 Å². The smallest absolute Gasteiger partial charge is 0.238 e. The van der Waals surface area contributed by atoms with Crippen LogP contribution in [0, 0.1) is 16.7 Å². The van der Waals surface area contributed by atoms with E-state index >= 15 is 4.39 Å². The van der Waals surface area contributed by atoms with E-state index in [2.05, 4.69) is 36.7 Å². The summed E-state index contributed by atoms with van der Waals surface area (Å²) in [7, 11) is 0. The maximum Gasteiger partial charge on any atom is 0.238 e. The molecule has 3 aliphatic rings. The Morgan fingerprint density at radius 1 is 1.18 bits per heavy atom. The minimum atomic E-state index is -1.18. The van der Waals surface area contributed by atoms with Crippen LogP contribution in [0.5, 0.6) is 0 Å². The van der Waals surface area contributed by atoms with Crippen molar-refractivity contribution in [1.82, 2.24) is 10.6 Å². The number of benzene rings is 1. The molecule has 2 aliphatic carbocycles. The van der Waals surface area contributed by atoms with Crippen molar-refractivity contribution in [3.63, 3.8) is 0 Å². The summed E-state index contributed by atoms with van der Waals surface area (Å²) in [5.74, 6) is -1.88. The zero-order valence-electron chi connectivity index (χ0n) is 23.1. The van der Waals surface area contributed by atoms with Crippen LogP contribution in [-0.4, -0.2) is 41.2 Å². The second kappa shape index (κ2) is 11.9. The van der Waals surface area contributed by atoms with Crippen LogP contribution < -0.4 is 16.0 Å². The van der Waals surface area contributed by atoms with Crippen LogP contribution in [0.15, 0.2) is 46.8 Å². The molecular weight excluding hydrogens is 540 g/mol. The van der Waals surface area contributed by atoms with E-state index in [1.807, 2.05) is 6.92 Å². The molecule has 1 aliphatic heterocycles. The number of anilines is 1. The molecule has 1 saturated heterocycles. The average Bonchev–Trinajstić information content (AvgIpc) is 3.14. The number of aliphatic hydroxyl groups excluding tert-OH is 1. The summed E-state index contributed by atoms with van der Waals surface area (Å²) < 4.78 is 15.7. The van der Waals surface area contributed by atoms with Crippen LogP contribution in [-0.2, 0) is 9.59 Å². The van der Waals surface area contributed by atoms with Crippen molar-refractivity contribution < 1.29 is 19.1 Å². The van der Waals surface area contributed by atoms with Gasteiger partial charge in [0.1, 0.15) is 5.83 Å². The van der Waals surface area contributed by atoms with Crippen LogP contribution >= 0.6 is 23.2 Å². The molecule has 4 N–H and O–H groups in total. The maximum atomic E-state index is 15.7. The first kappa shape index (κ1) is 30.0. The number of halogens is 3. The highest BCUT2D eigenvalue weighted by atomic mass is 35.5. The summed E-state index contributed by atoms with van der Waals surface area (Å²) in [6.07, 6.45) is 5.38. The molecule has 2 amide bonds. The Hall–Kier alpha value is -1.93. The van der Waals surface area contributed by atoms with Gasteiger partial charge in [-0.05, 0) is 81.1 Å². The highest BCUT2D eigenvalue weighted by Crippen LogP contribution is 2.51. The van der Waals surface area contributed by atoms with E-state index in [4.69, 9.17) is 23.2 Å². The van der Waals surface area contributed by atoms with Gasteiger partial charge in [-0.1, -0.05) is 56.1 Å². The fourth-order valence-electron chi connectivity index (χ4n) is 6.36. The first-order chi connectivity index (χ1) is 18.3. The molecule has 0 radical (unpaired) electrons. The largest absolute Gasteiger partial charge is 0.393 e. The summed E-state index contributed by atoms with van der Waals surface area (Å²) in [5.41, 5.74) is -0.426. The number of carbonyl (C=O) groups excluding carboxylic acids is 2. The summed E-state index contributed by atoms with van der Waals surface area (Å²) in [4.78, 5) is 28.1. The summed E-state index contributed by atoms with van der Waals surface area (Å²) in [6, 6.07) is 5.57. The number of rotatable bonds is 6. The first-order valence-corrected chi connectivity index (χ1v) is 14.6. The number of aliphatic hydroxyl groups is 1. The van der Waals surface area contributed by atoms with Gasteiger partial charge in [-0.15, -0.1) is 0 Å². The van der Waals surface area contributed by atoms with Gasteiger partial charge in [-0.25, -0.2) is 4.39 Å². The number of carbonyl (C=O) groups is 2. The predicted octanol–water partition coefficient (Wildman–Crippen LogP) is 6.24. The van der Waals surface area contributed by atoms with Gasteiger partial charge < -0.3 is 21.1 Å². The quantitative estimate of drug-likeness (QED) is 0.321. The lowest BCUT2D eigenvalue weighted by atomic mass is 9.64. The SMILES string of the molecule is CC(C)(C)CC1N[C@@H](C(=O)NC2CCC(O)CC2)C(C2=C(F)C(Cl)=CCC2)[C@]1(C)C(=O)Nc1cccc(Cl)c1. The highest BCUT2D eigenvalue weighted by molar-refractivity contribution is 6.32. The minimum Gasteiger partial charge on any atom is -0.393 e. The zero-order valence-corrected chi connectivity index (χ0v) is 24.6. The van der Waals surface area contributed by atoms with E-state index in [1.165, 1.54) is 0 Å². The fraction of sp³-hybridized carbons (Fsp3) is 0.600. The third-order valence-electron chi connectivity index (χ3n) is 8.40. The highest BCUT2D eigenvalue weighted by Gasteiger charge is 2.60.